The van der Waals surface area contributed by atoms with Crippen molar-refractivity contribution in [3.05, 3.63) is 24.5 Å². The first-order valence-electron chi connectivity index (χ1n) is 6.66. The van der Waals surface area contributed by atoms with E-state index in [4.69, 9.17) is 5.11 Å². The largest absolute Gasteiger partial charge is 0.480 e. The van der Waals surface area contributed by atoms with Crippen molar-refractivity contribution < 1.29 is 23.1 Å². The van der Waals surface area contributed by atoms with Crippen LogP contribution < -0.4 is 10.0 Å². The van der Waals surface area contributed by atoms with Gasteiger partial charge in [0, 0.05) is 25.4 Å². The van der Waals surface area contributed by atoms with E-state index in [2.05, 4.69) is 15.0 Å². The topological polar surface area (TPSA) is 125 Å². The van der Waals surface area contributed by atoms with E-state index in [9.17, 15) is 18.0 Å². The van der Waals surface area contributed by atoms with Crippen LogP contribution in [0.1, 0.15) is 20.3 Å². The molecule has 1 heterocycles. The summed E-state index contributed by atoms with van der Waals surface area (Å²) < 4.78 is 26.0. The summed E-state index contributed by atoms with van der Waals surface area (Å²) >= 11 is 0. The number of rotatable bonds is 8. The Morgan fingerprint density at radius 2 is 2.05 bits per heavy atom. The molecule has 0 unspecified atom stereocenters. The maximum atomic E-state index is 11.9. The molecule has 1 rings (SSSR count). The van der Waals surface area contributed by atoms with Crippen LogP contribution in [-0.4, -0.2) is 43.0 Å². The molecule has 1 amide bonds. The SMILES string of the molecule is CC(C)[C@H](NC(=O)CCNS(=O)(=O)c1cccnc1)C(=O)O. The number of carboxylic acids is 1. The van der Waals surface area contributed by atoms with Crippen molar-refractivity contribution in [2.24, 2.45) is 5.92 Å². The standard InChI is InChI=1S/C13H19N3O5S/c1-9(2)12(13(18)19)16-11(17)5-7-15-22(20,21)10-4-3-6-14-8-10/h3-4,6,8-9,12,15H,5,7H2,1-2H3,(H,16,17)(H,18,19)/t12-/m0/s1. The predicted molar refractivity (Wildman–Crippen MR) is 78.4 cm³/mol. The highest BCUT2D eigenvalue weighted by Crippen LogP contribution is 2.05. The molecule has 1 aromatic heterocycles. The molecule has 0 saturated carbocycles. The second-order valence-corrected chi connectivity index (χ2v) is 6.73. The quantitative estimate of drug-likeness (QED) is 0.615. The molecule has 22 heavy (non-hydrogen) atoms. The number of sulfonamides is 1. The molecule has 0 aliphatic rings. The Kier molecular flexibility index (Phi) is 6.44. The van der Waals surface area contributed by atoms with Crippen molar-refractivity contribution in [1.29, 1.82) is 0 Å². The maximum absolute atomic E-state index is 11.9. The minimum absolute atomic E-state index is 0.000927. The number of carbonyl (C=O) groups is 2. The van der Waals surface area contributed by atoms with E-state index in [0.717, 1.165) is 0 Å². The molecule has 0 spiro atoms. The Morgan fingerprint density at radius 1 is 1.36 bits per heavy atom. The number of carboxylic acid groups (broad SMARTS) is 1. The van der Waals surface area contributed by atoms with Gasteiger partial charge in [0.2, 0.25) is 15.9 Å². The molecule has 0 bridgehead atoms. The number of pyridine rings is 1. The summed E-state index contributed by atoms with van der Waals surface area (Å²) in [4.78, 5) is 26.3. The molecule has 1 aromatic rings. The highest BCUT2D eigenvalue weighted by Gasteiger charge is 2.23. The number of nitrogens with one attached hydrogen (secondary N) is 2. The number of aromatic nitrogens is 1. The molecule has 0 aliphatic heterocycles. The highest BCUT2D eigenvalue weighted by atomic mass is 32.2. The van der Waals surface area contributed by atoms with E-state index in [1.165, 1.54) is 24.5 Å². The van der Waals surface area contributed by atoms with Gasteiger partial charge in [-0.15, -0.1) is 0 Å². The third-order valence-electron chi connectivity index (χ3n) is 2.84. The van der Waals surface area contributed by atoms with Gasteiger partial charge in [0.15, 0.2) is 0 Å². The van der Waals surface area contributed by atoms with E-state index in [-0.39, 0.29) is 23.8 Å². The first kappa shape index (κ1) is 18.1. The van der Waals surface area contributed by atoms with Crippen LogP contribution in [0.2, 0.25) is 0 Å². The molecule has 0 radical (unpaired) electrons. The summed E-state index contributed by atoms with van der Waals surface area (Å²) in [6.45, 7) is 3.21. The van der Waals surface area contributed by atoms with Gasteiger partial charge in [0.05, 0.1) is 0 Å². The van der Waals surface area contributed by atoms with Crippen LogP contribution in [0.15, 0.2) is 29.4 Å². The normalized spacial score (nSPS) is 12.9. The summed E-state index contributed by atoms with van der Waals surface area (Å²) in [7, 11) is -3.73. The zero-order valence-corrected chi connectivity index (χ0v) is 13.1. The first-order valence-corrected chi connectivity index (χ1v) is 8.14. The number of nitrogens with zero attached hydrogens (tertiary/aromatic N) is 1. The fraction of sp³-hybridized carbons (Fsp3) is 0.462. The minimum Gasteiger partial charge on any atom is -0.480 e. The zero-order valence-electron chi connectivity index (χ0n) is 12.3. The number of amides is 1. The van der Waals surface area contributed by atoms with Gasteiger partial charge in [-0.1, -0.05) is 13.8 Å². The van der Waals surface area contributed by atoms with E-state index >= 15 is 0 Å². The summed E-state index contributed by atoms with van der Waals surface area (Å²) in [5.74, 6) is -1.93. The molecule has 9 heteroatoms. The van der Waals surface area contributed by atoms with E-state index < -0.39 is 27.9 Å². The van der Waals surface area contributed by atoms with Gasteiger partial charge in [-0.3, -0.25) is 9.78 Å². The van der Waals surface area contributed by atoms with E-state index in [0.29, 0.717) is 0 Å². The third kappa shape index (κ3) is 5.41. The lowest BCUT2D eigenvalue weighted by Gasteiger charge is -2.17. The molecule has 1 atom stereocenters. The number of hydrogen-bond acceptors (Lipinski definition) is 5. The molecule has 3 N–H and O–H groups in total. The summed E-state index contributed by atoms with van der Waals surface area (Å²) in [6.07, 6.45) is 2.49. The summed E-state index contributed by atoms with van der Waals surface area (Å²) in [5.41, 5.74) is 0. The Bertz CT molecular complexity index is 616. The fourth-order valence-electron chi connectivity index (χ4n) is 1.65. The molecule has 0 aliphatic carbocycles. The van der Waals surface area contributed by atoms with Crippen LogP contribution >= 0.6 is 0 Å². The van der Waals surface area contributed by atoms with Crippen molar-refractivity contribution in [2.45, 2.75) is 31.2 Å². The molecule has 0 aromatic carbocycles. The predicted octanol–water partition coefficient (Wildman–Crippen LogP) is -0.0246. The molecule has 0 fully saturated rings. The van der Waals surface area contributed by atoms with Crippen molar-refractivity contribution in [1.82, 2.24) is 15.0 Å². The first-order chi connectivity index (χ1) is 10.2. The second kappa shape index (κ2) is 7.85. The van der Waals surface area contributed by atoms with E-state index in [1.54, 1.807) is 13.8 Å². The summed E-state index contributed by atoms with van der Waals surface area (Å²) in [5, 5.41) is 11.3. The molecule has 8 nitrogen and oxygen atoms in total. The second-order valence-electron chi connectivity index (χ2n) is 4.96. The number of carbonyl (C=O) groups excluding carboxylic acids is 1. The van der Waals surface area contributed by atoms with Crippen molar-refractivity contribution in [3.8, 4) is 0 Å². The third-order valence-corrected chi connectivity index (χ3v) is 4.28. The van der Waals surface area contributed by atoms with Gasteiger partial charge in [-0.05, 0) is 18.1 Å². The van der Waals surface area contributed by atoms with Crippen molar-refractivity contribution in [3.63, 3.8) is 0 Å². The number of aliphatic carboxylic acids is 1. The Hall–Kier alpha value is -2.00. The van der Waals surface area contributed by atoms with Crippen molar-refractivity contribution >= 4 is 21.9 Å². The van der Waals surface area contributed by atoms with Crippen LogP contribution in [0, 0.1) is 5.92 Å². The lowest BCUT2D eigenvalue weighted by molar-refractivity contribution is -0.143. The number of hydrogen-bond donors (Lipinski definition) is 3. The lowest BCUT2D eigenvalue weighted by atomic mass is 10.0. The summed E-state index contributed by atoms with van der Waals surface area (Å²) in [6, 6.07) is 1.87. The van der Waals surface area contributed by atoms with Gasteiger partial charge < -0.3 is 10.4 Å². The average molecular weight is 329 g/mol. The Balaban J connectivity index is 2.50. The van der Waals surface area contributed by atoms with E-state index in [1.807, 2.05) is 0 Å². The van der Waals surface area contributed by atoms with Gasteiger partial charge >= 0.3 is 5.97 Å². The minimum atomic E-state index is -3.73. The maximum Gasteiger partial charge on any atom is 0.326 e. The Morgan fingerprint density at radius 3 is 2.55 bits per heavy atom. The smallest absolute Gasteiger partial charge is 0.326 e. The zero-order chi connectivity index (χ0) is 16.8. The van der Waals surface area contributed by atoms with Crippen LogP contribution in [0.4, 0.5) is 0 Å². The molecular formula is C13H19N3O5S. The highest BCUT2D eigenvalue weighted by molar-refractivity contribution is 7.89. The Labute approximate surface area is 129 Å². The fourth-order valence-corrected chi connectivity index (χ4v) is 2.64. The molecular weight excluding hydrogens is 310 g/mol. The van der Waals surface area contributed by atoms with Gasteiger partial charge in [0.25, 0.3) is 0 Å². The van der Waals surface area contributed by atoms with Gasteiger partial charge in [-0.2, -0.15) is 0 Å². The average Bonchev–Trinajstić information content (AvgIpc) is 2.45. The molecule has 122 valence electrons. The van der Waals surface area contributed by atoms with Crippen LogP contribution in [0.3, 0.4) is 0 Å². The van der Waals surface area contributed by atoms with Gasteiger partial charge in [-0.25, -0.2) is 17.9 Å². The monoisotopic (exact) mass is 329 g/mol. The van der Waals surface area contributed by atoms with Crippen LogP contribution in [0.25, 0.3) is 0 Å². The lowest BCUT2D eigenvalue weighted by Crippen LogP contribution is -2.45. The molecule has 0 saturated heterocycles. The van der Waals surface area contributed by atoms with Crippen LogP contribution in [0.5, 0.6) is 0 Å². The van der Waals surface area contributed by atoms with Crippen molar-refractivity contribution in [2.75, 3.05) is 6.54 Å². The van der Waals surface area contributed by atoms with Crippen LogP contribution in [-0.2, 0) is 19.6 Å². The van der Waals surface area contributed by atoms with Gasteiger partial charge in [0.1, 0.15) is 10.9 Å².